The van der Waals surface area contributed by atoms with Crippen LogP contribution in [0.25, 0.3) is 0 Å². The summed E-state index contributed by atoms with van der Waals surface area (Å²) in [6.45, 7) is 0. The average molecular weight is 297 g/mol. The van der Waals surface area contributed by atoms with Gasteiger partial charge in [0.1, 0.15) is 17.2 Å². The van der Waals surface area contributed by atoms with Gasteiger partial charge in [-0.05, 0) is 12.8 Å². The third-order valence-electron chi connectivity index (χ3n) is 3.25. The van der Waals surface area contributed by atoms with E-state index in [0.29, 0.717) is 36.5 Å². The first-order chi connectivity index (χ1) is 10.1. The predicted molar refractivity (Wildman–Crippen MR) is 78.9 cm³/mol. The fourth-order valence-electron chi connectivity index (χ4n) is 2.11. The van der Waals surface area contributed by atoms with Crippen LogP contribution in [0.4, 0.5) is 0 Å². The van der Waals surface area contributed by atoms with Crippen molar-refractivity contribution < 1.29 is 23.7 Å². The fourth-order valence-corrected chi connectivity index (χ4v) is 2.11. The summed E-state index contributed by atoms with van der Waals surface area (Å²) in [5.41, 5.74) is 6.98. The van der Waals surface area contributed by atoms with Crippen molar-refractivity contribution in [2.24, 2.45) is 5.73 Å². The fraction of sp³-hybridized carbons (Fsp3) is 0.533. The van der Waals surface area contributed by atoms with E-state index in [4.69, 9.17) is 19.9 Å². The molecule has 2 N–H and O–H groups in total. The lowest BCUT2D eigenvalue weighted by molar-refractivity contribution is -0.140. The summed E-state index contributed by atoms with van der Waals surface area (Å²) in [7, 11) is 6.08. The van der Waals surface area contributed by atoms with Crippen LogP contribution in [0.15, 0.2) is 12.1 Å². The minimum Gasteiger partial charge on any atom is -0.496 e. The molecule has 1 unspecified atom stereocenters. The number of rotatable bonds is 8. The molecule has 1 aromatic carbocycles. The van der Waals surface area contributed by atoms with Crippen molar-refractivity contribution >= 4 is 5.97 Å². The SMILES string of the molecule is COC(=O)CCCC(N)c1c(OC)cc(OC)cc1OC. The Morgan fingerprint density at radius 2 is 1.67 bits per heavy atom. The molecule has 0 saturated heterocycles. The topological polar surface area (TPSA) is 80.0 Å². The summed E-state index contributed by atoms with van der Waals surface area (Å²) in [6.07, 6.45) is 1.59. The van der Waals surface area contributed by atoms with Crippen LogP contribution < -0.4 is 19.9 Å². The molecule has 0 heterocycles. The molecule has 6 heteroatoms. The van der Waals surface area contributed by atoms with Crippen LogP contribution in [-0.2, 0) is 9.53 Å². The Balaban J connectivity index is 2.91. The number of benzene rings is 1. The molecule has 0 aromatic heterocycles. The zero-order valence-corrected chi connectivity index (χ0v) is 13.0. The second kappa shape index (κ2) is 8.36. The highest BCUT2D eigenvalue weighted by atomic mass is 16.5. The number of carbonyl (C=O) groups excluding carboxylic acids is 1. The monoisotopic (exact) mass is 297 g/mol. The van der Waals surface area contributed by atoms with Crippen molar-refractivity contribution in [3.05, 3.63) is 17.7 Å². The molecule has 0 bridgehead atoms. The molecule has 1 atom stereocenters. The van der Waals surface area contributed by atoms with Gasteiger partial charge in [0.05, 0.1) is 34.0 Å². The Morgan fingerprint density at radius 1 is 1.10 bits per heavy atom. The molecule has 0 fully saturated rings. The van der Waals surface area contributed by atoms with Crippen molar-refractivity contribution in [2.75, 3.05) is 28.4 Å². The first-order valence-corrected chi connectivity index (χ1v) is 6.69. The van der Waals surface area contributed by atoms with E-state index in [0.717, 1.165) is 5.56 Å². The van der Waals surface area contributed by atoms with Gasteiger partial charge in [-0.1, -0.05) is 0 Å². The van der Waals surface area contributed by atoms with E-state index >= 15 is 0 Å². The van der Waals surface area contributed by atoms with Gasteiger partial charge in [-0.25, -0.2) is 0 Å². The van der Waals surface area contributed by atoms with E-state index in [1.54, 1.807) is 33.5 Å². The normalized spacial score (nSPS) is 11.7. The Hall–Kier alpha value is -1.95. The molecule has 0 aliphatic carbocycles. The van der Waals surface area contributed by atoms with Gasteiger partial charge in [0.2, 0.25) is 0 Å². The lowest BCUT2D eigenvalue weighted by Crippen LogP contribution is -2.14. The first kappa shape index (κ1) is 17.1. The maximum Gasteiger partial charge on any atom is 0.305 e. The van der Waals surface area contributed by atoms with Gasteiger partial charge in [0.15, 0.2) is 0 Å². The van der Waals surface area contributed by atoms with Gasteiger partial charge in [-0.2, -0.15) is 0 Å². The van der Waals surface area contributed by atoms with E-state index in [1.807, 2.05) is 0 Å². The first-order valence-electron chi connectivity index (χ1n) is 6.69. The summed E-state index contributed by atoms with van der Waals surface area (Å²) in [4.78, 5) is 11.1. The molecular formula is C15H23NO5. The number of nitrogens with two attached hydrogens (primary N) is 1. The zero-order valence-electron chi connectivity index (χ0n) is 13.0. The van der Waals surface area contributed by atoms with E-state index in [1.165, 1.54) is 7.11 Å². The highest BCUT2D eigenvalue weighted by Gasteiger charge is 2.19. The zero-order chi connectivity index (χ0) is 15.8. The number of ether oxygens (including phenoxy) is 4. The number of hydrogen-bond acceptors (Lipinski definition) is 6. The summed E-state index contributed by atoms with van der Waals surface area (Å²) >= 11 is 0. The van der Waals surface area contributed by atoms with Crippen LogP contribution in [0.3, 0.4) is 0 Å². The number of esters is 1. The van der Waals surface area contributed by atoms with Gasteiger partial charge in [-0.3, -0.25) is 4.79 Å². The molecule has 0 aliphatic heterocycles. The molecule has 21 heavy (non-hydrogen) atoms. The molecule has 0 aliphatic rings. The van der Waals surface area contributed by atoms with Gasteiger partial charge in [0, 0.05) is 24.6 Å². The highest BCUT2D eigenvalue weighted by molar-refractivity contribution is 5.69. The van der Waals surface area contributed by atoms with Crippen LogP contribution in [-0.4, -0.2) is 34.4 Å². The Labute approximate surface area is 125 Å². The number of carbonyl (C=O) groups is 1. The number of methoxy groups -OCH3 is 4. The molecular weight excluding hydrogens is 274 g/mol. The third-order valence-corrected chi connectivity index (χ3v) is 3.25. The second-order valence-corrected chi connectivity index (χ2v) is 4.52. The van der Waals surface area contributed by atoms with Crippen LogP contribution in [0.1, 0.15) is 30.9 Å². The van der Waals surface area contributed by atoms with E-state index in [2.05, 4.69) is 4.74 Å². The quantitative estimate of drug-likeness (QED) is 0.740. The van der Waals surface area contributed by atoms with Gasteiger partial charge in [-0.15, -0.1) is 0 Å². The summed E-state index contributed by atoms with van der Waals surface area (Å²) in [5.74, 6) is 1.61. The lowest BCUT2D eigenvalue weighted by atomic mass is 9.99. The Morgan fingerprint density at radius 3 is 2.10 bits per heavy atom. The van der Waals surface area contributed by atoms with Crippen molar-refractivity contribution in [3.63, 3.8) is 0 Å². The maximum atomic E-state index is 11.1. The van der Waals surface area contributed by atoms with E-state index < -0.39 is 0 Å². The molecule has 6 nitrogen and oxygen atoms in total. The van der Waals surface area contributed by atoms with Gasteiger partial charge < -0.3 is 24.7 Å². The van der Waals surface area contributed by atoms with Crippen molar-refractivity contribution in [3.8, 4) is 17.2 Å². The van der Waals surface area contributed by atoms with Crippen molar-refractivity contribution in [1.29, 1.82) is 0 Å². The van der Waals surface area contributed by atoms with Crippen molar-refractivity contribution in [1.82, 2.24) is 0 Å². The standard InChI is InChI=1S/C15H23NO5/c1-18-10-8-12(19-2)15(13(9-10)20-3)11(16)6-5-7-14(17)21-4/h8-9,11H,5-7,16H2,1-4H3. The highest BCUT2D eigenvalue weighted by Crippen LogP contribution is 2.38. The molecule has 0 radical (unpaired) electrons. The second-order valence-electron chi connectivity index (χ2n) is 4.52. The van der Waals surface area contributed by atoms with Crippen LogP contribution in [0.5, 0.6) is 17.2 Å². The maximum absolute atomic E-state index is 11.1. The van der Waals surface area contributed by atoms with Gasteiger partial charge in [0.25, 0.3) is 0 Å². The number of hydrogen-bond donors (Lipinski definition) is 1. The molecule has 0 saturated carbocycles. The van der Waals surface area contributed by atoms with Crippen LogP contribution >= 0.6 is 0 Å². The largest absolute Gasteiger partial charge is 0.496 e. The van der Waals surface area contributed by atoms with E-state index in [9.17, 15) is 4.79 Å². The summed E-state index contributed by atoms with van der Waals surface area (Å²) in [5, 5.41) is 0. The molecule has 118 valence electrons. The molecule has 0 amide bonds. The smallest absolute Gasteiger partial charge is 0.305 e. The Bertz CT molecular complexity index is 450. The van der Waals surface area contributed by atoms with Crippen LogP contribution in [0.2, 0.25) is 0 Å². The molecule has 1 rings (SSSR count). The van der Waals surface area contributed by atoms with Gasteiger partial charge >= 0.3 is 5.97 Å². The Kier molecular flexibility index (Phi) is 6.81. The average Bonchev–Trinajstić information content (AvgIpc) is 2.52. The van der Waals surface area contributed by atoms with Crippen LogP contribution in [0, 0.1) is 0 Å². The third kappa shape index (κ3) is 4.53. The molecule has 0 spiro atoms. The van der Waals surface area contributed by atoms with Crippen molar-refractivity contribution in [2.45, 2.75) is 25.3 Å². The minimum absolute atomic E-state index is 0.240. The lowest BCUT2D eigenvalue weighted by Gasteiger charge is -2.20. The minimum atomic E-state index is -0.300. The summed E-state index contributed by atoms with van der Waals surface area (Å²) in [6, 6.07) is 3.22. The van der Waals surface area contributed by atoms with E-state index in [-0.39, 0.29) is 12.0 Å². The molecule has 1 aromatic rings. The summed E-state index contributed by atoms with van der Waals surface area (Å²) < 4.78 is 20.5. The predicted octanol–water partition coefficient (Wildman–Crippen LogP) is 2.06.